The van der Waals surface area contributed by atoms with Crippen LogP contribution in [0.15, 0.2) is 10.4 Å². The highest BCUT2D eigenvalue weighted by Gasteiger charge is 2.15. The number of rotatable bonds is 7. The summed E-state index contributed by atoms with van der Waals surface area (Å²) in [7, 11) is 1.81. The maximum absolute atomic E-state index is 4.73. The van der Waals surface area contributed by atoms with Gasteiger partial charge in [-0.2, -0.15) is 11.8 Å². The number of aliphatic imine (C=N–C) groups is 1. The standard InChI is InChI=1S/C14H25N5S2/c1-15-13(17-7-10-20-2)16-6-5-12-11-21-14(18-12)19-8-3-4-9-19/h11H,3-10H2,1-2H3,(H2,15,16,17). The van der Waals surface area contributed by atoms with Crippen LogP contribution in [0.4, 0.5) is 5.13 Å². The zero-order valence-corrected chi connectivity index (χ0v) is 14.5. The molecule has 1 fully saturated rings. The summed E-state index contributed by atoms with van der Waals surface area (Å²) < 4.78 is 0. The lowest BCUT2D eigenvalue weighted by Crippen LogP contribution is -2.39. The first kappa shape index (κ1) is 16.4. The van der Waals surface area contributed by atoms with Crippen molar-refractivity contribution in [3.63, 3.8) is 0 Å². The number of thiazole rings is 1. The summed E-state index contributed by atoms with van der Waals surface area (Å²) in [5, 5.41) is 10.00. The molecule has 118 valence electrons. The summed E-state index contributed by atoms with van der Waals surface area (Å²) in [6, 6.07) is 0. The molecular weight excluding hydrogens is 302 g/mol. The lowest BCUT2D eigenvalue weighted by Gasteiger charge is -2.12. The number of nitrogens with one attached hydrogen (secondary N) is 2. The fourth-order valence-electron chi connectivity index (χ4n) is 2.27. The largest absolute Gasteiger partial charge is 0.356 e. The average molecular weight is 328 g/mol. The normalized spacial score (nSPS) is 15.5. The molecule has 0 atom stereocenters. The maximum Gasteiger partial charge on any atom is 0.191 e. The quantitative estimate of drug-likeness (QED) is 0.454. The number of aromatic nitrogens is 1. The number of anilines is 1. The Balaban J connectivity index is 1.70. The Labute approximate surface area is 135 Å². The van der Waals surface area contributed by atoms with Gasteiger partial charge in [-0.15, -0.1) is 11.3 Å². The molecule has 1 aliphatic heterocycles. The van der Waals surface area contributed by atoms with Gasteiger partial charge in [0, 0.05) is 50.8 Å². The van der Waals surface area contributed by atoms with E-state index in [0.717, 1.165) is 44.3 Å². The molecule has 7 heteroatoms. The van der Waals surface area contributed by atoms with Gasteiger partial charge in [-0.25, -0.2) is 4.98 Å². The third-order valence-electron chi connectivity index (χ3n) is 3.41. The Bertz CT molecular complexity index is 440. The van der Waals surface area contributed by atoms with E-state index in [1.54, 1.807) is 11.3 Å². The van der Waals surface area contributed by atoms with Crippen molar-refractivity contribution in [2.45, 2.75) is 19.3 Å². The smallest absolute Gasteiger partial charge is 0.191 e. The van der Waals surface area contributed by atoms with E-state index >= 15 is 0 Å². The molecule has 1 aliphatic rings. The third-order valence-corrected chi connectivity index (χ3v) is 4.97. The Morgan fingerprint density at radius 2 is 2.14 bits per heavy atom. The van der Waals surface area contributed by atoms with Crippen LogP contribution < -0.4 is 15.5 Å². The van der Waals surface area contributed by atoms with Crippen LogP contribution >= 0.6 is 23.1 Å². The Hall–Kier alpha value is -0.950. The second-order valence-electron chi connectivity index (χ2n) is 4.98. The minimum absolute atomic E-state index is 0.863. The van der Waals surface area contributed by atoms with Gasteiger partial charge in [0.15, 0.2) is 11.1 Å². The minimum Gasteiger partial charge on any atom is -0.356 e. The average Bonchev–Trinajstić information content (AvgIpc) is 3.16. The lowest BCUT2D eigenvalue weighted by molar-refractivity contribution is 0.800. The molecule has 2 rings (SSSR count). The van der Waals surface area contributed by atoms with E-state index in [1.165, 1.54) is 23.7 Å². The van der Waals surface area contributed by atoms with E-state index in [-0.39, 0.29) is 0 Å². The summed E-state index contributed by atoms with van der Waals surface area (Å²) >= 11 is 3.60. The van der Waals surface area contributed by atoms with Gasteiger partial charge < -0.3 is 15.5 Å². The molecule has 0 aliphatic carbocycles. The van der Waals surface area contributed by atoms with Gasteiger partial charge >= 0.3 is 0 Å². The first-order chi connectivity index (χ1) is 10.3. The number of guanidine groups is 1. The molecule has 0 amide bonds. The fraction of sp³-hybridized carbons (Fsp3) is 0.714. The van der Waals surface area contributed by atoms with Crippen molar-refractivity contribution in [1.82, 2.24) is 15.6 Å². The van der Waals surface area contributed by atoms with E-state index in [9.17, 15) is 0 Å². The molecule has 1 aromatic rings. The molecule has 0 aromatic carbocycles. The van der Waals surface area contributed by atoms with E-state index < -0.39 is 0 Å². The highest BCUT2D eigenvalue weighted by molar-refractivity contribution is 7.98. The molecule has 0 saturated carbocycles. The molecule has 1 aromatic heterocycles. The first-order valence-electron chi connectivity index (χ1n) is 7.46. The number of hydrogen-bond donors (Lipinski definition) is 2. The van der Waals surface area contributed by atoms with Crippen molar-refractivity contribution in [2.24, 2.45) is 4.99 Å². The minimum atomic E-state index is 0.863. The first-order valence-corrected chi connectivity index (χ1v) is 9.73. The summed E-state index contributed by atoms with van der Waals surface area (Å²) in [6.45, 7) is 4.13. The van der Waals surface area contributed by atoms with Crippen molar-refractivity contribution in [2.75, 3.05) is 50.1 Å². The topological polar surface area (TPSA) is 52.6 Å². The van der Waals surface area contributed by atoms with Gasteiger partial charge in [-0.3, -0.25) is 4.99 Å². The molecule has 0 bridgehead atoms. The maximum atomic E-state index is 4.73. The van der Waals surface area contributed by atoms with Gasteiger partial charge in [0.05, 0.1) is 5.69 Å². The molecule has 0 radical (unpaired) electrons. The molecule has 2 N–H and O–H groups in total. The van der Waals surface area contributed by atoms with E-state index in [0.29, 0.717) is 0 Å². The van der Waals surface area contributed by atoms with Crippen LogP contribution in [0.3, 0.4) is 0 Å². The lowest BCUT2D eigenvalue weighted by atomic mass is 10.3. The summed E-state index contributed by atoms with van der Waals surface area (Å²) in [5.74, 6) is 1.96. The zero-order valence-electron chi connectivity index (χ0n) is 12.9. The predicted molar refractivity (Wildman–Crippen MR) is 95.0 cm³/mol. The molecule has 5 nitrogen and oxygen atoms in total. The summed E-state index contributed by atoms with van der Waals surface area (Å²) in [6.07, 6.45) is 5.65. The Morgan fingerprint density at radius 1 is 1.38 bits per heavy atom. The van der Waals surface area contributed by atoms with Gasteiger partial charge in [0.25, 0.3) is 0 Å². The second kappa shape index (κ2) is 9.15. The van der Waals surface area contributed by atoms with Crippen LogP contribution in [0.25, 0.3) is 0 Å². The molecule has 2 heterocycles. The van der Waals surface area contributed by atoms with Crippen LogP contribution in [-0.2, 0) is 6.42 Å². The molecular formula is C14H25N5S2. The molecule has 0 spiro atoms. The van der Waals surface area contributed by atoms with Crippen LogP contribution in [0.5, 0.6) is 0 Å². The van der Waals surface area contributed by atoms with Gasteiger partial charge in [-0.05, 0) is 19.1 Å². The van der Waals surface area contributed by atoms with Gasteiger partial charge in [0.1, 0.15) is 0 Å². The van der Waals surface area contributed by atoms with Crippen molar-refractivity contribution < 1.29 is 0 Å². The molecule has 0 unspecified atom stereocenters. The van der Waals surface area contributed by atoms with Crippen LogP contribution in [0.2, 0.25) is 0 Å². The fourth-order valence-corrected chi connectivity index (χ4v) is 3.49. The predicted octanol–water partition coefficient (Wildman–Crippen LogP) is 1.81. The number of hydrogen-bond acceptors (Lipinski definition) is 5. The summed E-state index contributed by atoms with van der Waals surface area (Å²) in [5.41, 5.74) is 1.17. The van der Waals surface area contributed by atoms with Crippen LogP contribution in [0, 0.1) is 0 Å². The van der Waals surface area contributed by atoms with E-state index in [1.807, 2.05) is 18.8 Å². The SMILES string of the molecule is CN=C(NCCSC)NCCc1csc(N2CCCC2)n1. The second-order valence-corrected chi connectivity index (χ2v) is 6.81. The van der Waals surface area contributed by atoms with Gasteiger partial charge in [0.2, 0.25) is 0 Å². The van der Waals surface area contributed by atoms with Crippen molar-refractivity contribution >= 4 is 34.2 Å². The van der Waals surface area contributed by atoms with Crippen LogP contribution in [-0.4, -0.2) is 56.2 Å². The Morgan fingerprint density at radius 3 is 2.86 bits per heavy atom. The van der Waals surface area contributed by atoms with Gasteiger partial charge in [-0.1, -0.05) is 0 Å². The molecule has 1 saturated heterocycles. The molecule has 21 heavy (non-hydrogen) atoms. The summed E-state index contributed by atoms with van der Waals surface area (Å²) in [4.78, 5) is 11.3. The highest BCUT2D eigenvalue weighted by atomic mass is 32.2. The Kier molecular flexibility index (Phi) is 7.15. The van der Waals surface area contributed by atoms with E-state index in [2.05, 4.69) is 32.2 Å². The number of nitrogens with zero attached hydrogens (tertiary/aromatic N) is 3. The van der Waals surface area contributed by atoms with E-state index in [4.69, 9.17) is 4.98 Å². The monoisotopic (exact) mass is 327 g/mol. The van der Waals surface area contributed by atoms with Crippen molar-refractivity contribution in [3.05, 3.63) is 11.1 Å². The third kappa shape index (κ3) is 5.39. The zero-order chi connectivity index (χ0) is 14.9. The number of thioether (sulfide) groups is 1. The van der Waals surface area contributed by atoms with Crippen LogP contribution in [0.1, 0.15) is 18.5 Å². The van der Waals surface area contributed by atoms with Crippen molar-refractivity contribution in [1.29, 1.82) is 0 Å². The highest BCUT2D eigenvalue weighted by Crippen LogP contribution is 2.24. The van der Waals surface area contributed by atoms with Crippen molar-refractivity contribution in [3.8, 4) is 0 Å².